The number of nitrogens with two attached hydrogens (primary N) is 1. The number of ether oxygens (including phenoxy) is 2. The van der Waals surface area contributed by atoms with Crippen LogP contribution in [-0.2, 0) is 4.74 Å². The van der Waals surface area contributed by atoms with Crippen LogP contribution in [0.4, 0.5) is 0 Å². The van der Waals surface area contributed by atoms with Gasteiger partial charge in [0.15, 0.2) is 0 Å². The van der Waals surface area contributed by atoms with Gasteiger partial charge in [0.25, 0.3) is 0 Å². The van der Waals surface area contributed by atoms with Crippen LogP contribution < -0.4 is 10.5 Å². The van der Waals surface area contributed by atoms with Crippen molar-refractivity contribution in [3.8, 4) is 5.75 Å². The first-order valence-corrected chi connectivity index (χ1v) is 8.26. The summed E-state index contributed by atoms with van der Waals surface area (Å²) in [6.07, 6.45) is 2.27. The lowest BCUT2D eigenvalue weighted by Gasteiger charge is -2.33. The van der Waals surface area contributed by atoms with Gasteiger partial charge in [0.2, 0.25) is 0 Å². The summed E-state index contributed by atoms with van der Waals surface area (Å²) < 4.78 is 12.0. The van der Waals surface area contributed by atoms with Crippen LogP contribution in [0.3, 0.4) is 0 Å². The summed E-state index contributed by atoms with van der Waals surface area (Å²) in [6.45, 7) is 3.38. The van der Waals surface area contributed by atoms with Crippen LogP contribution in [0.15, 0.2) is 22.7 Å². The zero-order chi connectivity index (χ0) is 15.2. The molecule has 2 N–H and O–H groups in total. The molecule has 0 radical (unpaired) electrons. The van der Waals surface area contributed by atoms with Crippen LogP contribution in [0, 0.1) is 5.92 Å². The molecule has 1 aromatic rings. The van der Waals surface area contributed by atoms with Gasteiger partial charge >= 0.3 is 0 Å². The molecule has 0 bridgehead atoms. The number of hydrogen-bond acceptors (Lipinski definition) is 4. The molecule has 0 aromatic heterocycles. The number of nitrogens with zero attached hydrogens (tertiary/aromatic N) is 1. The highest BCUT2D eigenvalue weighted by atomic mass is 79.9. The molecule has 0 spiro atoms. The molecule has 1 fully saturated rings. The zero-order valence-electron chi connectivity index (χ0n) is 12.8. The third-order valence-corrected chi connectivity index (χ3v) is 4.69. The maximum absolute atomic E-state index is 6.05. The predicted octanol–water partition coefficient (Wildman–Crippen LogP) is 2.82. The molecule has 118 valence electrons. The van der Waals surface area contributed by atoms with Gasteiger partial charge in [0.05, 0.1) is 13.2 Å². The van der Waals surface area contributed by atoms with Crippen molar-refractivity contribution in [3.05, 3.63) is 28.2 Å². The van der Waals surface area contributed by atoms with Crippen molar-refractivity contribution in [1.29, 1.82) is 0 Å². The van der Waals surface area contributed by atoms with Gasteiger partial charge in [-0.3, -0.25) is 4.90 Å². The van der Waals surface area contributed by atoms with Crippen LogP contribution >= 0.6 is 15.9 Å². The highest BCUT2D eigenvalue weighted by Gasteiger charge is 2.23. The number of likely N-dealkylation sites (N-methyl/N-ethyl adjacent to an activating group) is 1. The molecular formula is C16H25BrN2O2. The number of benzene rings is 1. The number of methoxy groups -OCH3 is 1. The van der Waals surface area contributed by atoms with E-state index in [-0.39, 0.29) is 6.04 Å². The lowest BCUT2D eigenvalue weighted by molar-refractivity contribution is 0.0505. The summed E-state index contributed by atoms with van der Waals surface area (Å²) in [7, 11) is 3.85. The summed E-state index contributed by atoms with van der Waals surface area (Å²) >= 11 is 3.54. The maximum atomic E-state index is 6.05. The predicted molar refractivity (Wildman–Crippen MR) is 88.7 cm³/mol. The molecule has 1 aromatic carbocycles. The summed E-state index contributed by atoms with van der Waals surface area (Å²) in [5, 5.41) is 0. The molecule has 1 atom stereocenters. The van der Waals surface area contributed by atoms with Crippen molar-refractivity contribution in [2.75, 3.05) is 40.5 Å². The summed E-state index contributed by atoms with van der Waals surface area (Å²) in [4.78, 5) is 2.35. The maximum Gasteiger partial charge on any atom is 0.123 e. The van der Waals surface area contributed by atoms with Gasteiger partial charge in [-0.1, -0.05) is 15.9 Å². The Kier molecular flexibility index (Phi) is 6.48. The van der Waals surface area contributed by atoms with E-state index in [1.807, 2.05) is 12.1 Å². The molecule has 2 rings (SSSR count). The fourth-order valence-corrected chi connectivity index (χ4v) is 3.35. The summed E-state index contributed by atoms with van der Waals surface area (Å²) in [5.74, 6) is 1.59. The van der Waals surface area contributed by atoms with E-state index in [9.17, 15) is 0 Å². The van der Waals surface area contributed by atoms with Crippen molar-refractivity contribution < 1.29 is 9.47 Å². The van der Waals surface area contributed by atoms with Crippen molar-refractivity contribution in [2.45, 2.75) is 18.9 Å². The van der Waals surface area contributed by atoms with Crippen molar-refractivity contribution in [1.82, 2.24) is 4.90 Å². The molecule has 21 heavy (non-hydrogen) atoms. The van der Waals surface area contributed by atoms with E-state index >= 15 is 0 Å². The second kappa shape index (κ2) is 8.13. The van der Waals surface area contributed by atoms with Crippen LogP contribution in [0.1, 0.15) is 24.4 Å². The monoisotopic (exact) mass is 356 g/mol. The molecule has 1 aliphatic rings. The minimum atomic E-state index is 0.167. The number of hydrogen-bond donors (Lipinski definition) is 1. The van der Waals surface area contributed by atoms with Crippen molar-refractivity contribution >= 4 is 15.9 Å². The smallest absolute Gasteiger partial charge is 0.123 e. The van der Waals surface area contributed by atoms with Gasteiger partial charge < -0.3 is 15.2 Å². The Balaban J connectivity index is 2.12. The lowest BCUT2D eigenvalue weighted by Crippen LogP contribution is -2.36. The Bertz CT molecular complexity index is 450. The van der Waals surface area contributed by atoms with E-state index in [1.165, 1.54) is 0 Å². The molecule has 0 saturated carbocycles. The number of rotatable bonds is 6. The standard InChI is InChI=1S/C16H25BrN2O2/c1-19(11-12-5-7-21-8-6-12)15(10-18)14-9-13(17)3-4-16(14)20-2/h3-4,9,12,15H,5-8,10-11,18H2,1-2H3. The average Bonchev–Trinajstić information content (AvgIpc) is 2.49. The van der Waals surface area contributed by atoms with Crippen LogP contribution in [0.5, 0.6) is 5.75 Å². The molecule has 1 saturated heterocycles. The largest absolute Gasteiger partial charge is 0.496 e. The summed E-state index contributed by atoms with van der Waals surface area (Å²) in [5.41, 5.74) is 7.19. The fraction of sp³-hybridized carbons (Fsp3) is 0.625. The molecule has 5 heteroatoms. The SMILES string of the molecule is COc1ccc(Br)cc1C(CN)N(C)CC1CCOCC1. The Morgan fingerprint density at radius 2 is 2.14 bits per heavy atom. The minimum absolute atomic E-state index is 0.167. The van der Waals surface area contributed by atoms with Crippen LogP contribution in [0.25, 0.3) is 0 Å². The lowest BCUT2D eigenvalue weighted by atomic mass is 9.97. The third-order valence-electron chi connectivity index (χ3n) is 4.19. The topological polar surface area (TPSA) is 47.7 Å². The Morgan fingerprint density at radius 1 is 1.43 bits per heavy atom. The van der Waals surface area contributed by atoms with Gasteiger partial charge in [-0.05, 0) is 44.0 Å². The van der Waals surface area contributed by atoms with E-state index < -0.39 is 0 Å². The first-order chi connectivity index (χ1) is 10.2. The summed E-state index contributed by atoms with van der Waals surface area (Å²) in [6, 6.07) is 6.26. The normalized spacial score (nSPS) is 18.0. The Morgan fingerprint density at radius 3 is 2.76 bits per heavy atom. The van der Waals surface area contributed by atoms with E-state index in [1.54, 1.807) is 7.11 Å². The van der Waals surface area contributed by atoms with Crippen molar-refractivity contribution in [2.24, 2.45) is 11.7 Å². The fourth-order valence-electron chi connectivity index (χ4n) is 2.97. The first-order valence-electron chi connectivity index (χ1n) is 7.47. The molecule has 1 unspecified atom stereocenters. The molecule has 1 heterocycles. The number of halogens is 1. The van der Waals surface area contributed by atoms with Crippen LogP contribution in [0.2, 0.25) is 0 Å². The molecule has 4 nitrogen and oxygen atoms in total. The van der Waals surface area contributed by atoms with E-state index in [2.05, 4.69) is 33.9 Å². The molecule has 0 amide bonds. The third kappa shape index (κ3) is 4.42. The highest BCUT2D eigenvalue weighted by Crippen LogP contribution is 2.32. The quantitative estimate of drug-likeness (QED) is 0.851. The highest BCUT2D eigenvalue weighted by molar-refractivity contribution is 9.10. The van der Waals surface area contributed by atoms with Crippen LogP contribution in [-0.4, -0.2) is 45.4 Å². The van der Waals surface area contributed by atoms with Gasteiger partial charge in [-0.2, -0.15) is 0 Å². The molecular weight excluding hydrogens is 332 g/mol. The van der Waals surface area contributed by atoms with E-state index in [0.29, 0.717) is 12.5 Å². The average molecular weight is 357 g/mol. The Labute approximate surface area is 135 Å². The van der Waals surface area contributed by atoms with Gasteiger partial charge in [-0.15, -0.1) is 0 Å². The van der Waals surface area contributed by atoms with Gasteiger partial charge in [-0.25, -0.2) is 0 Å². The van der Waals surface area contributed by atoms with E-state index in [0.717, 1.165) is 48.4 Å². The zero-order valence-corrected chi connectivity index (χ0v) is 14.4. The molecule has 1 aliphatic heterocycles. The molecule has 0 aliphatic carbocycles. The van der Waals surface area contributed by atoms with E-state index in [4.69, 9.17) is 15.2 Å². The van der Waals surface area contributed by atoms with Gasteiger partial charge in [0, 0.05) is 36.3 Å². The minimum Gasteiger partial charge on any atom is -0.496 e. The first kappa shape index (κ1) is 16.7. The second-order valence-corrected chi connectivity index (χ2v) is 6.55. The van der Waals surface area contributed by atoms with Crippen molar-refractivity contribution in [3.63, 3.8) is 0 Å². The Hall–Kier alpha value is -0.620. The van der Waals surface area contributed by atoms with Gasteiger partial charge in [0.1, 0.15) is 5.75 Å². The second-order valence-electron chi connectivity index (χ2n) is 5.63.